The van der Waals surface area contributed by atoms with Gasteiger partial charge < -0.3 is 20.3 Å². The molecule has 1 aliphatic carbocycles. The second-order valence-electron chi connectivity index (χ2n) is 7.42. The molecular formula is C20H32N4O. The normalized spacial score (nSPS) is 19.7. The second kappa shape index (κ2) is 9.09. The standard InChI is InChI=1S/C20H32N4O/c1-21-20(22-13-16-9-11-24(2)12-10-16)23-14-18-5-3-4-6-19(18)25-15-17-7-8-17/h3-6,16-17H,7-15H2,1-2H3,(H2,21,22,23). The molecule has 2 N–H and O–H groups in total. The van der Waals surface area contributed by atoms with Gasteiger partial charge in [-0.1, -0.05) is 18.2 Å². The van der Waals surface area contributed by atoms with Gasteiger partial charge in [-0.05, 0) is 63.7 Å². The van der Waals surface area contributed by atoms with Crippen LogP contribution in [0.5, 0.6) is 5.75 Å². The van der Waals surface area contributed by atoms with Crippen molar-refractivity contribution in [3.8, 4) is 5.75 Å². The van der Waals surface area contributed by atoms with Crippen molar-refractivity contribution in [2.45, 2.75) is 32.2 Å². The van der Waals surface area contributed by atoms with Crippen LogP contribution in [0.1, 0.15) is 31.2 Å². The van der Waals surface area contributed by atoms with Crippen LogP contribution in [-0.2, 0) is 6.54 Å². The van der Waals surface area contributed by atoms with Crippen molar-refractivity contribution in [1.82, 2.24) is 15.5 Å². The number of hydrogen-bond donors (Lipinski definition) is 2. The van der Waals surface area contributed by atoms with Crippen LogP contribution in [0.3, 0.4) is 0 Å². The van der Waals surface area contributed by atoms with E-state index >= 15 is 0 Å². The van der Waals surface area contributed by atoms with Crippen molar-refractivity contribution >= 4 is 5.96 Å². The molecule has 5 heteroatoms. The summed E-state index contributed by atoms with van der Waals surface area (Å²) < 4.78 is 5.99. The molecular weight excluding hydrogens is 312 g/mol. The molecule has 1 saturated heterocycles. The molecule has 0 atom stereocenters. The average Bonchev–Trinajstić information content (AvgIpc) is 3.47. The zero-order valence-electron chi connectivity index (χ0n) is 15.6. The molecule has 0 aromatic heterocycles. The number of nitrogens with one attached hydrogen (secondary N) is 2. The van der Waals surface area contributed by atoms with Gasteiger partial charge in [-0.3, -0.25) is 4.99 Å². The van der Waals surface area contributed by atoms with Crippen molar-refractivity contribution in [1.29, 1.82) is 0 Å². The van der Waals surface area contributed by atoms with Gasteiger partial charge in [-0.25, -0.2) is 0 Å². The summed E-state index contributed by atoms with van der Waals surface area (Å²) in [5.41, 5.74) is 1.19. The van der Waals surface area contributed by atoms with E-state index in [0.717, 1.165) is 43.2 Å². The fraction of sp³-hybridized carbons (Fsp3) is 0.650. The van der Waals surface area contributed by atoms with Gasteiger partial charge in [0.1, 0.15) is 5.75 Å². The van der Waals surface area contributed by atoms with E-state index in [1.165, 1.54) is 44.3 Å². The minimum absolute atomic E-state index is 0.730. The Bertz CT molecular complexity index is 563. The van der Waals surface area contributed by atoms with Crippen LogP contribution in [0.15, 0.2) is 29.3 Å². The largest absolute Gasteiger partial charge is 0.493 e. The Kier molecular flexibility index (Phi) is 6.56. The molecule has 1 heterocycles. The van der Waals surface area contributed by atoms with Gasteiger partial charge in [-0.15, -0.1) is 0 Å². The Morgan fingerprint density at radius 1 is 1.12 bits per heavy atom. The molecule has 1 aromatic rings. The fourth-order valence-electron chi connectivity index (χ4n) is 3.19. The number of aliphatic imine (C=N–C) groups is 1. The first kappa shape index (κ1) is 18.1. The highest BCUT2D eigenvalue weighted by molar-refractivity contribution is 5.79. The highest BCUT2D eigenvalue weighted by Crippen LogP contribution is 2.30. The van der Waals surface area contributed by atoms with E-state index in [1.807, 2.05) is 13.1 Å². The smallest absolute Gasteiger partial charge is 0.191 e. The Hall–Kier alpha value is -1.75. The van der Waals surface area contributed by atoms with Gasteiger partial charge in [0.05, 0.1) is 6.61 Å². The Balaban J connectivity index is 1.44. The maximum Gasteiger partial charge on any atom is 0.191 e. The number of nitrogens with zero attached hydrogens (tertiary/aromatic N) is 2. The zero-order chi connectivity index (χ0) is 17.5. The molecule has 2 fully saturated rings. The first-order valence-corrected chi connectivity index (χ1v) is 9.58. The number of rotatable bonds is 7. The van der Waals surface area contributed by atoms with Crippen LogP contribution in [0.25, 0.3) is 0 Å². The molecule has 1 aliphatic heterocycles. The molecule has 1 aromatic carbocycles. The number of ether oxygens (including phenoxy) is 1. The Labute approximate surface area is 151 Å². The second-order valence-corrected chi connectivity index (χ2v) is 7.42. The number of likely N-dealkylation sites (tertiary alicyclic amines) is 1. The Morgan fingerprint density at radius 2 is 1.88 bits per heavy atom. The van der Waals surface area contributed by atoms with Crippen LogP contribution < -0.4 is 15.4 Å². The van der Waals surface area contributed by atoms with Gasteiger partial charge >= 0.3 is 0 Å². The maximum atomic E-state index is 5.99. The van der Waals surface area contributed by atoms with Gasteiger partial charge in [0, 0.05) is 25.7 Å². The third kappa shape index (κ3) is 5.92. The van der Waals surface area contributed by atoms with Gasteiger partial charge in [0.25, 0.3) is 0 Å². The first-order chi connectivity index (χ1) is 12.2. The number of guanidine groups is 1. The van der Waals surface area contributed by atoms with E-state index in [1.54, 1.807) is 0 Å². The van der Waals surface area contributed by atoms with E-state index in [2.05, 4.69) is 45.8 Å². The molecule has 0 unspecified atom stereocenters. The van der Waals surface area contributed by atoms with Crippen LogP contribution >= 0.6 is 0 Å². The fourth-order valence-corrected chi connectivity index (χ4v) is 3.19. The first-order valence-electron chi connectivity index (χ1n) is 9.58. The molecule has 5 nitrogen and oxygen atoms in total. The molecule has 0 spiro atoms. The zero-order valence-corrected chi connectivity index (χ0v) is 15.6. The van der Waals surface area contributed by atoms with E-state index in [-0.39, 0.29) is 0 Å². The average molecular weight is 345 g/mol. The topological polar surface area (TPSA) is 48.9 Å². The summed E-state index contributed by atoms with van der Waals surface area (Å²) in [6.07, 6.45) is 5.15. The number of hydrogen-bond acceptors (Lipinski definition) is 3. The van der Waals surface area contributed by atoms with E-state index in [4.69, 9.17) is 4.74 Å². The highest BCUT2D eigenvalue weighted by atomic mass is 16.5. The predicted octanol–water partition coefficient (Wildman–Crippen LogP) is 2.48. The third-order valence-corrected chi connectivity index (χ3v) is 5.21. The summed E-state index contributed by atoms with van der Waals surface area (Å²) in [6, 6.07) is 8.29. The minimum atomic E-state index is 0.730. The van der Waals surface area contributed by atoms with Crippen LogP contribution in [0, 0.1) is 11.8 Å². The van der Waals surface area contributed by atoms with Crippen molar-refractivity contribution in [3.63, 3.8) is 0 Å². The lowest BCUT2D eigenvalue weighted by Crippen LogP contribution is -2.42. The molecule has 0 amide bonds. The Morgan fingerprint density at radius 3 is 2.60 bits per heavy atom. The summed E-state index contributed by atoms with van der Waals surface area (Å²) in [6.45, 7) is 4.97. The molecule has 1 saturated carbocycles. The predicted molar refractivity (Wildman–Crippen MR) is 103 cm³/mol. The van der Waals surface area contributed by atoms with Crippen LogP contribution in [0.4, 0.5) is 0 Å². The molecule has 2 aliphatic rings. The number of piperidine rings is 1. The van der Waals surface area contributed by atoms with Crippen LogP contribution in [-0.4, -0.2) is 51.2 Å². The van der Waals surface area contributed by atoms with E-state index < -0.39 is 0 Å². The number of para-hydroxylation sites is 1. The molecule has 138 valence electrons. The molecule has 0 radical (unpaired) electrons. The highest BCUT2D eigenvalue weighted by Gasteiger charge is 2.22. The summed E-state index contributed by atoms with van der Waals surface area (Å²) in [5.74, 6) is 3.37. The third-order valence-electron chi connectivity index (χ3n) is 5.21. The summed E-state index contributed by atoms with van der Waals surface area (Å²) in [5, 5.41) is 6.91. The van der Waals surface area contributed by atoms with Crippen molar-refractivity contribution < 1.29 is 4.74 Å². The van der Waals surface area contributed by atoms with E-state index in [0.29, 0.717) is 0 Å². The summed E-state index contributed by atoms with van der Waals surface area (Å²) >= 11 is 0. The summed E-state index contributed by atoms with van der Waals surface area (Å²) in [7, 11) is 4.03. The number of benzene rings is 1. The maximum absolute atomic E-state index is 5.99. The monoisotopic (exact) mass is 344 g/mol. The minimum Gasteiger partial charge on any atom is -0.493 e. The van der Waals surface area contributed by atoms with Crippen LogP contribution in [0.2, 0.25) is 0 Å². The lowest BCUT2D eigenvalue weighted by Gasteiger charge is -2.29. The SMILES string of the molecule is CN=C(NCc1ccccc1OCC1CC1)NCC1CCN(C)CC1. The van der Waals surface area contributed by atoms with Gasteiger partial charge in [-0.2, -0.15) is 0 Å². The lowest BCUT2D eigenvalue weighted by molar-refractivity contribution is 0.220. The quantitative estimate of drug-likeness (QED) is 0.589. The lowest BCUT2D eigenvalue weighted by atomic mass is 9.97. The molecule has 3 rings (SSSR count). The summed E-state index contributed by atoms with van der Waals surface area (Å²) in [4.78, 5) is 6.76. The molecule has 0 bridgehead atoms. The van der Waals surface area contributed by atoms with E-state index in [9.17, 15) is 0 Å². The van der Waals surface area contributed by atoms with Gasteiger partial charge in [0.2, 0.25) is 0 Å². The van der Waals surface area contributed by atoms with Crippen molar-refractivity contribution in [3.05, 3.63) is 29.8 Å². The van der Waals surface area contributed by atoms with Gasteiger partial charge in [0.15, 0.2) is 5.96 Å². The van der Waals surface area contributed by atoms with Crippen molar-refractivity contribution in [2.75, 3.05) is 40.3 Å². The van der Waals surface area contributed by atoms with Crippen molar-refractivity contribution in [2.24, 2.45) is 16.8 Å². The molecule has 25 heavy (non-hydrogen) atoms.